The van der Waals surface area contributed by atoms with Crippen molar-refractivity contribution in [2.75, 3.05) is 11.9 Å². The predicted octanol–water partition coefficient (Wildman–Crippen LogP) is 5.89. The van der Waals surface area contributed by atoms with E-state index in [9.17, 15) is 4.79 Å². The fourth-order valence-corrected chi connectivity index (χ4v) is 4.51. The number of aromatic nitrogens is 2. The maximum absolute atomic E-state index is 12.8. The molecule has 0 aliphatic heterocycles. The second-order valence-electron chi connectivity index (χ2n) is 7.65. The summed E-state index contributed by atoms with van der Waals surface area (Å²) in [6.45, 7) is 2.25. The topological polar surface area (TPSA) is 75.1 Å². The van der Waals surface area contributed by atoms with Crippen LogP contribution in [-0.4, -0.2) is 27.5 Å². The molecule has 0 saturated heterocycles. The van der Waals surface area contributed by atoms with Gasteiger partial charge in [0.25, 0.3) is 0 Å². The minimum Gasteiger partial charge on any atom is -0.396 e. The van der Waals surface area contributed by atoms with Crippen molar-refractivity contribution < 1.29 is 9.90 Å². The zero-order valence-electron chi connectivity index (χ0n) is 18.4. The maximum Gasteiger partial charge on any atom is 0.227 e. The first-order chi connectivity index (χ1) is 15.6. The van der Waals surface area contributed by atoms with Crippen LogP contribution in [0.15, 0.2) is 48.7 Å². The fourth-order valence-electron chi connectivity index (χ4n) is 3.52. The number of terminal acetylenes is 1. The first-order valence-electron chi connectivity index (χ1n) is 11.0. The van der Waals surface area contributed by atoms with Gasteiger partial charge in [0.15, 0.2) is 5.78 Å². The molecule has 1 unspecified atom stereocenters. The third-order valence-electron chi connectivity index (χ3n) is 5.31. The van der Waals surface area contributed by atoms with Gasteiger partial charge in [-0.2, -0.15) is 0 Å². The van der Waals surface area contributed by atoms with Crippen LogP contribution in [0.5, 0.6) is 0 Å². The number of nitrogens with zero attached hydrogens (tertiary/aromatic N) is 2. The predicted molar refractivity (Wildman–Crippen MR) is 131 cm³/mol. The van der Waals surface area contributed by atoms with Gasteiger partial charge in [-0.3, -0.25) is 4.79 Å². The number of unbranched alkanes of at least 4 members (excludes halogenated alkanes) is 1. The van der Waals surface area contributed by atoms with Gasteiger partial charge in [-0.1, -0.05) is 19.1 Å². The summed E-state index contributed by atoms with van der Waals surface area (Å²) in [6.07, 6.45) is 11.9. The normalized spacial score (nSPS) is 11.7. The number of benzene rings is 1. The van der Waals surface area contributed by atoms with Crippen LogP contribution in [0, 0.1) is 18.3 Å². The molecule has 166 valence electrons. The van der Waals surface area contributed by atoms with E-state index in [1.165, 1.54) is 16.9 Å². The van der Waals surface area contributed by atoms with Crippen LogP contribution in [0.4, 0.5) is 11.6 Å². The molecule has 2 N–H and O–H groups in total. The Balaban J connectivity index is 1.71. The molecule has 0 spiro atoms. The lowest BCUT2D eigenvalue weighted by atomic mass is 9.95. The second-order valence-corrected chi connectivity index (χ2v) is 8.73. The molecule has 2 heterocycles. The van der Waals surface area contributed by atoms with Crippen LogP contribution < -0.4 is 5.32 Å². The van der Waals surface area contributed by atoms with Crippen molar-refractivity contribution in [2.24, 2.45) is 5.92 Å². The highest BCUT2D eigenvalue weighted by Crippen LogP contribution is 2.30. The van der Waals surface area contributed by atoms with Crippen LogP contribution in [-0.2, 0) is 6.42 Å². The smallest absolute Gasteiger partial charge is 0.227 e. The van der Waals surface area contributed by atoms with Crippen molar-refractivity contribution in [1.82, 2.24) is 9.97 Å². The van der Waals surface area contributed by atoms with Gasteiger partial charge >= 0.3 is 0 Å². The Kier molecular flexibility index (Phi) is 8.97. The molecule has 0 bridgehead atoms. The van der Waals surface area contributed by atoms with Gasteiger partial charge in [-0.05, 0) is 68.0 Å². The molecule has 1 aromatic carbocycles. The Morgan fingerprint density at radius 1 is 1.25 bits per heavy atom. The molecular formula is C26H29N3O2S. The van der Waals surface area contributed by atoms with Gasteiger partial charge < -0.3 is 10.4 Å². The Morgan fingerprint density at radius 3 is 2.91 bits per heavy atom. The van der Waals surface area contributed by atoms with E-state index in [1.807, 2.05) is 37.3 Å². The number of Topliss-reactive ketones (excluding diaryl/α,β-unsaturated/α-hetero) is 1. The van der Waals surface area contributed by atoms with Crippen molar-refractivity contribution in [3.05, 3.63) is 59.1 Å². The molecule has 32 heavy (non-hydrogen) atoms. The van der Waals surface area contributed by atoms with Crippen LogP contribution in [0.3, 0.4) is 0 Å². The molecule has 3 rings (SSSR count). The first kappa shape index (κ1) is 23.6. The van der Waals surface area contributed by atoms with E-state index in [2.05, 4.69) is 33.3 Å². The van der Waals surface area contributed by atoms with Gasteiger partial charge in [-0.25, -0.2) is 9.97 Å². The fraction of sp³-hybridized carbons (Fsp3) is 0.346. The standard InChI is InChI=1S/C26H29N3O2S/c1-3-5-11-20(4-2)25(31)24-14-13-23(32-24)22-15-16-27-26(29-22)28-21-12-8-10-19(18-21)9-6-7-17-30/h1,8,10,12-16,18,20,30H,4-7,9,11,17H2,2H3,(H,27,28,29). The summed E-state index contributed by atoms with van der Waals surface area (Å²) in [6, 6.07) is 13.8. The quantitative estimate of drug-likeness (QED) is 0.206. The van der Waals surface area contributed by atoms with E-state index in [-0.39, 0.29) is 18.3 Å². The average Bonchev–Trinajstić information content (AvgIpc) is 3.31. The van der Waals surface area contributed by atoms with Crippen LogP contribution >= 0.6 is 11.3 Å². The zero-order valence-corrected chi connectivity index (χ0v) is 19.2. The summed E-state index contributed by atoms with van der Waals surface area (Å²) in [7, 11) is 0. The number of aliphatic hydroxyl groups excluding tert-OH is 1. The SMILES string of the molecule is C#CCCC(CC)C(=O)c1ccc(-c2ccnc(Nc3cccc(CCCCO)c3)n2)s1. The van der Waals surface area contributed by atoms with Crippen LogP contribution in [0.2, 0.25) is 0 Å². The van der Waals surface area contributed by atoms with E-state index >= 15 is 0 Å². The van der Waals surface area contributed by atoms with Crippen LogP contribution in [0.25, 0.3) is 10.6 Å². The number of aryl methyl sites for hydroxylation is 1. The highest BCUT2D eigenvalue weighted by atomic mass is 32.1. The zero-order chi connectivity index (χ0) is 22.8. The van der Waals surface area contributed by atoms with Gasteiger partial charge in [0.2, 0.25) is 5.95 Å². The minimum atomic E-state index is -0.0372. The molecule has 0 fully saturated rings. The average molecular weight is 448 g/mol. The lowest BCUT2D eigenvalue weighted by Crippen LogP contribution is -2.12. The summed E-state index contributed by atoms with van der Waals surface area (Å²) in [5.41, 5.74) is 2.91. The van der Waals surface area contributed by atoms with Crippen molar-refractivity contribution >= 4 is 28.8 Å². The maximum atomic E-state index is 12.8. The lowest BCUT2D eigenvalue weighted by molar-refractivity contribution is 0.0915. The van der Waals surface area contributed by atoms with E-state index in [0.717, 1.165) is 53.2 Å². The summed E-state index contributed by atoms with van der Waals surface area (Å²) in [5.74, 6) is 3.26. The highest BCUT2D eigenvalue weighted by molar-refractivity contribution is 7.17. The number of anilines is 2. The Bertz CT molecular complexity index is 1070. The Labute approximate surface area is 194 Å². The van der Waals surface area contributed by atoms with E-state index in [4.69, 9.17) is 11.5 Å². The molecular weight excluding hydrogens is 418 g/mol. The summed E-state index contributed by atoms with van der Waals surface area (Å²) >= 11 is 1.46. The third-order valence-corrected chi connectivity index (χ3v) is 6.44. The van der Waals surface area contributed by atoms with E-state index in [1.54, 1.807) is 6.20 Å². The number of nitrogens with one attached hydrogen (secondary N) is 1. The molecule has 0 aliphatic carbocycles. The number of hydrogen-bond acceptors (Lipinski definition) is 6. The second kappa shape index (κ2) is 12.1. The van der Waals surface area contributed by atoms with Crippen molar-refractivity contribution in [3.63, 3.8) is 0 Å². The Hall–Kier alpha value is -3.01. The molecule has 3 aromatic rings. The summed E-state index contributed by atoms with van der Waals surface area (Å²) in [4.78, 5) is 23.5. The summed E-state index contributed by atoms with van der Waals surface area (Å²) in [5, 5.41) is 12.2. The minimum absolute atomic E-state index is 0.0372. The molecule has 2 aromatic heterocycles. The lowest BCUT2D eigenvalue weighted by Gasteiger charge is -2.10. The molecule has 0 aliphatic rings. The molecule has 0 radical (unpaired) electrons. The number of thiophene rings is 1. The number of hydrogen-bond donors (Lipinski definition) is 2. The van der Waals surface area contributed by atoms with Gasteiger partial charge in [-0.15, -0.1) is 23.7 Å². The third kappa shape index (κ3) is 6.49. The van der Waals surface area contributed by atoms with E-state index in [0.29, 0.717) is 12.4 Å². The number of carbonyl (C=O) groups excluding carboxylic acids is 1. The van der Waals surface area contributed by atoms with Crippen molar-refractivity contribution in [1.29, 1.82) is 0 Å². The number of rotatable bonds is 12. The number of ketones is 1. The monoisotopic (exact) mass is 447 g/mol. The summed E-state index contributed by atoms with van der Waals surface area (Å²) < 4.78 is 0. The largest absolute Gasteiger partial charge is 0.396 e. The highest BCUT2D eigenvalue weighted by Gasteiger charge is 2.20. The number of aliphatic hydroxyl groups is 1. The Morgan fingerprint density at radius 2 is 2.12 bits per heavy atom. The molecule has 0 amide bonds. The van der Waals surface area contributed by atoms with Gasteiger partial charge in [0, 0.05) is 30.8 Å². The molecule has 0 saturated carbocycles. The van der Waals surface area contributed by atoms with Gasteiger partial charge in [0.1, 0.15) is 0 Å². The first-order valence-corrected chi connectivity index (χ1v) is 11.8. The van der Waals surface area contributed by atoms with Crippen molar-refractivity contribution in [2.45, 2.75) is 45.4 Å². The van der Waals surface area contributed by atoms with Crippen LogP contribution in [0.1, 0.15) is 54.3 Å². The van der Waals surface area contributed by atoms with Gasteiger partial charge in [0.05, 0.1) is 15.4 Å². The van der Waals surface area contributed by atoms with E-state index < -0.39 is 0 Å². The number of carbonyl (C=O) groups is 1. The molecule has 6 heteroatoms. The molecule has 5 nitrogen and oxygen atoms in total. The molecule has 1 atom stereocenters. The van der Waals surface area contributed by atoms with Crippen molar-refractivity contribution in [3.8, 4) is 22.9 Å².